The smallest absolute Gasteiger partial charge is 0.315 e. The molecule has 102 valence electrons. The highest BCUT2D eigenvalue weighted by Crippen LogP contribution is 1.81. The van der Waals surface area contributed by atoms with Crippen LogP contribution >= 0.6 is 0 Å². The van der Waals surface area contributed by atoms with Crippen LogP contribution in [0.15, 0.2) is 22.0 Å². The predicted octanol–water partition coefficient (Wildman–Crippen LogP) is -0.912. The zero-order valence-electron chi connectivity index (χ0n) is 11.3. The molecule has 0 amide bonds. The molecule has 0 saturated heterocycles. The fourth-order valence-corrected chi connectivity index (χ4v) is 1.61. The van der Waals surface area contributed by atoms with Crippen molar-refractivity contribution in [2.45, 2.75) is 13.0 Å². The van der Waals surface area contributed by atoms with Gasteiger partial charge >= 0.3 is 11.1 Å². The molecular weight excluding hydrogens is 232 g/mol. The second-order valence-electron chi connectivity index (χ2n) is 4.62. The van der Waals surface area contributed by atoms with Gasteiger partial charge < -0.3 is 19.4 Å². The van der Waals surface area contributed by atoms with Crippen molar-refractivity contribution in [1.29, 1.82) is 0 Å². The minimum Gasteiger partial charge on any atom is -0.315 e. The van der Waals surface area contributed by atoms with Crippen molar-refractivity contribution in [3.63, 3.8) is 0 Å². The van der Waals surface area contributed by atoms with E-state index in [0.717, 1.165) is 19.5 Å². The second kappa shape index (κ2) is 7.13. The molecular formula is C12H22N4O2. The van der Waals surface area contributed by atoms with Crippen LogP contribution in [0.5, 0.6) is 0 Å². The van der Waals surface area contributed by atoms with E-state index in [1.54, 1.807) is 19.4 Å². The lowest BCUT2D eigenvalue weighted by atomic mass is 10.4. The predicted molar refractivity (Wildman–Crippen MR) is 72.0 cm³/mol. The Labute approximate surface area is 107 Å². The number of rotatable bonds is 7. The van der Waals surface area contributed by atoms with Gasteiger partial charge in [-0.05, 0) is 33.6 Å². The van der Waals surface area contributed by atoms with Crippen LogP contribution < -0.4 is 16.4 Å². The van der Waals surface area contributed by atoms with Crippen molar-refractivity contribution in [1.82, 2.24) is 19.4 Å². The quantitative estimate of drug-likeness (QED) is 0.505. The topological polar surface area (TPSA) is 59.3 Å². The Bertz CT molecular complexity index is 476. The summed E-state index contributed by atoms with van der Waals surface area (Å²) in [7, 11) is 5.66. The molecule has 6 nitrogen and oxygen atoms in total. The Hall–Kier alpha value is -1.40. The molecule has 6 heteroatoms. The monoisotopic (exact) mass is 254 g/mol. The second-order valence-corrected chi connectivity index (χ2v) is 4.62. The van der Waals surface area contributed by atoms with Gasteiger partial charge in [-0.3, -0.25) is 9.59 Å². The van der Waals surface area contributed by atoms with Gasteiger partial charge in [-0.25, -0.2) is 0 Å². The molecule has 0 aliphatic rings. The van der Waals surface area contributed by atoms with Crippen LogP contribution in [0.1, 0.15) is 6.42 Å². The van der Waals surface area contributed by atoms with E-state index in [1.807, 2.05) is 14.1 Å². The van der Waals surface area contributed by atoms with Crippen LogP contribution in [0.4, 0.5) is 0 Å². The third-order valence-electron chi connectivity index (χ3n) is 2.72. The molecule has 1 rings (SSSR count). The van der Waals surface area contributed by atoms with Crippen molar-refractivity contribution in [2.75, 3.05) is 33.7 Å². The van der Waals surface area contributed by atoms with E-state index in [-0.39, 0.29) is 0 Å². The summed E-state index contributed by atoms with van der Waals surface area (Å²) in [6.07, 6.45) is 4.32. The summed E-state index contributed by atoms with van der Waals surface area (Å²) < 4.78 is 2.74. The minimum atomic E-state index is -0.481. The summed E-state index contributed by atoms with van der Waals surface area (Å²) in [5, 5.41) is 3.26. The first-order chi connectivity index (χ1) is 8.52. The van der Waals surface area contributed by atoms with Gasteiger partial charge in [0.05, 0.1) is 0 Å². The van der Waals surface area contributed by atoms with E-state index in [2.05, 4.69) is 10.2 Å². The Morgan fingerprint density at radius 2 is 1.89 bits per heavy atom. The highest BCUT2D eigenvalue weighted by molar-refractivity contribution is 4.84. The van der Waals surface area contributed by atoms with Crippen LogP contribution in [0.3, 0.4) is 0 Å². The van der Waals surface area contributed by atoms with Crippen molar-refractivity contribution in [2.24, 2.45) is 7.05 Å². The summed E-state index contributed by atoms with van der Waals surface area (Å²) in [4.78, 5) is 25.1. The largest absolute Gasteiger partial charge is 0.316 e. The Morgan fingerprint density at radius 3 is 2.56 bits per heavy atom. The lowest BCUT2D eigenvalue weighted by molar-refractivity contribution is 0.393. The standard InChI is InChI=1S/C12H22N4O2/c1-14(2)7-4-5-13-6-8-16-10-9-15(3)11(17)12(16)18/h9-10,13H,4-8H2,1-3H3. The van der Waals surface area contributed by atoms with Gasteiger partial charge in [-0.2, -0.15) is 0 Å². The number of aromatic nitrogens is 2. The fraction of sp³-hybridized carbons (Fsp3) is 0.667. The number of nitrogens with one attached hydrogen (secondary N) is 1. The number of hydrogen-bond donors (Lipinski definition) is 1. The number of aryl methyl sites for hydroxylation is 1. The van der Waals surface area contributed by atoms with E-state index in [4.69, 9.17) is 0 Å². The summed E-state index contributed by atoms with van der Waals surface area (Å²) in [6.45, 7) is 3.17. The van der Waals surface area contributed by atoms with Crippen molar-refractivity contribution in [3.05, 3.63) is 33.1 Å². The third-order valence-corrected chi connectivity index (χ3v) is 2.72. The van der Waals surface area contributed by atoms with E-state index in [9.17, 15) is 9.59 Å². The zero-order valence-corrected chi connectivity index (χ0v) is 11.3. The molecule has 18 heavy (non-hydrogen) atoms. The van der Waals surface area contributed by atoms with Crippen molar-refractivity contribution in [3.8, 4) is 0 Å². The zero-order chi connectivity index (χ0) is 13.5. The molecule has 0 aromatic carbocycles. The van der Waals surface area contributed by atoms with E-state index >= 15 is 0 Å². The molecule has 1 N–H and O–H groups in total. The number of nitrogens with zero attached hydrogens (tertiary/aromatic N) is 3. The molecule has 0 atom stereocenters. The first-order valence-corrected chi connectivity index (χ1v) is 6.14. The van der Waals surface area contributed by atoms with Gasteiger partial charge in [0, 0.05) is 32.5 Å². The van der Waals surface area contributed by atoms with Crippen LogP contribution in [-0.4, -0.2) is 47.8 Å². The van der Waals surface area contributed by atoms with E-state index < -0.39 is 11.1 Å². The molecule has 1 aromatic rings. The van der Waals surface area contributed by atoms with Gasteiger partial charge in [0.1, 0.15) is 0 Å². The van der Waals surface area contributed by atoms with Crippen molar-refractivity contribution >= 4 is 0 Å². The number of hydrogen-bond acceptors (Lipinski definition) is 4. The maximum atomic E-state index is 11.6. The maximum absolute atomic E-state index is 11.6. The lowest BCUT2D eigenvalue weighted by Crippen LogP contribution is -2.40. The van der Waals surface area contributed by atoms with E-state index in [0.29, 0.717) is 13.1 Å². The summed E-state index contributed by atoms with van der Waals surface area (Å²) in [5.41, 5.74) is -0.944. The van der Waals surface area contributed by atoms with Gasteiger partial charge in [-0.1, -0.05) is 0 Å². The SMILES string of the molecule is CN(C)CCCNCCn1ccn(C)c(=O)c1=O. The third kappa shape index (κ3) is 4.46. The lowest BCUT2D eigenvalue weighted by Gasteiger charge is -2.10. The van der Waals surface area contributed by atoms with Crippen LogP contribution in [-0.2, 0) is 13.6 Å². The van der Waals surface area contributed by atoms with Crippen LogP contribution in [0.25, 0.3) is 0 Å². The maximum Gasteiger partial charge on any atom is 0.316 e. The molecule has 0 spiro atoms. The van der Waals surface area contributed by atoms with E-state index in [1.165, 1.54) is 9.13 Å². The van der Waals surface area contributed by atoms with Gasteiger partial charge in [0.15, 0.2) is 0 Å². The Kier molecular flexibility index (Phi) is 5.80. The van der Waals surface area contributed by atoms with Crippen LogP contribution in [0.2, 0.25) is 0 Å². The first-order valence-electron chi connectivity index (χ1n) is 6.14. The molecule has 0 saturated carbocycles. The fourth-order valence-electron chi connectivity index (χ4n) is 1.61. The van der Waals surface area contributed by atoms with Gasteiger partial charge in [0.25, 0.3) is 0 Å². The Balaban J connectivity index is 2.34. The molecule has 0 fully saturated rings. The van der Waals surface area contributed by atoms with Crippen LogP contribution in [0, 0.1) is 0 Å². The molecule has 1 aromatic heterocycles. The normalized spacial score (nSPS) is 11.1. The average molecular weight is 254 g/mol. The average Bonchev–Trinajstić information content (AvgIpc) is 2.33. The Morgan fingerprint density at radius 1 is 1.17 bits per heavy atom. The molecule has 1 heterocycles. The first kappa shape index (κ1) is 14.7. The highest BCUT2D eigenvalue weighted by atomic mass is 16.2. The minimum absolute atomic E-state index is 0.463. The highest BCUT2D eigenvalue weighted by Gasteiger charge is 2.01. The van der Waals surface area contributed by atoms with Gasteiger partial charge in [-0.15, -0.1) is 0 Å². The molecule has 0 aliphatic heterocycles. The summed E-state index contributed by atoms with van der Waals surface area (Å²) in [5.74, 6) is 0. The van der Waals surface area contributed by atoms with Crippen molar-refractivity contribution < 1.29 is 0 Å². The summed E-state index contributed by atoms with van der Waals surface area (Å²) in [6, 6.07) is 0. The summed E-state index contributed by atoms with van der Waals surface area (Å²) >= 11 is 0. The van der Waals surface area contributed by atoms with Gasteiger partial charge in [0.2, 0.25) is 0 Å². The molecule has 0 unspecified atom stereocenters. The molecule has 0 radical (unpaired) electrons. The molecule has 0 aliphatic carbocycles. The molecule has 0 bridgehead atoms.